The average molecular weight is 295 g/mol. The number of carbonyl (C=O) groups excluding carboxylic acids is 1. The second kappa shape index (κ2) is 6.39. The Labute approximate surface area is 120 Å². The smallest absolute Gasteiger partial charge is 0.220 e. The van der Waals surface area contributed by atoms with Gasteiger partial charge in [0.2, 0.25) is 5.91 Å². The minimum atomic E-state index is -2.93. The van der Waals surface area contributed by atoms with Gasteiger partial charge < -0.3 is 5.32 Å². The molecule has 1 atom stereocenters. The Balaban J connectivity index is 1.81. The van der Waals surface area contributed by atoms with Gasteiger partial charge in [0, 0.05) is 13.0 Å². The fourth-order valence-corrected chi connectivity index (χ4v) is 4.41. The molecule has 0 bridgehead atoms. The van der Waals surface area contributed by atoms with Crippen LogP contribution in [0.3, 0.4) is 0 Å². The molecule has 1 heterocycles. The fraction of sp³-hybridized carbons (Fsp3) is 0.533. The molecule has 2 rings (SSSR count). The molecule has 1 unspecified atom stereocenters. The molecular weight excluding hydrogens is 274 g/mol. The molecule has 110 valence electrons. The summed E-state index contributed by atoms with van der Waals surface area (Å²) in [5.41, 5.74) is 2.23. The van der Waals surface area contributed by atoms with Crippen LogP contribution in [-0.4, -0.2) is 25.8 Å². The van der Waals surface area contributed by atoms with Gasteiger partial charge in [-0.1, -0.05) is 29.8 Å². The lowest BCUT2D eigenvalue weighted by Gasteiger charge is -2.21. The first-order valence-electron chi connectivity index (χ1n) is 6.97. The minimum Gasteiger partial charge on any atom is -0.352 e. The van der Waals surface area contributed by atoms with E-state index in [1.165, 1.54) is 0 Å². The van der Waals surface area contributed by atoms with E-state index >= 15 is 0 Å². The first-order chi connectivity index (χ1) is 9.44. The molecule has 0 aromatic heterocycles. The monoisotopic (exact) mass is 295 g/mol. The molecule has 0 spiro atoms. The molecular formula is C15H21NO3S. The second-order valence-corrected chi connectivity index (χ2v) is 7.82. The van der Waals surface area contributed by atoms with Gasteiger partial charge in [0.1, 0.15) is 0 Å². The summed E-state index contributed by atoms with van der Waals surface area (Å²) in [6, 6.07) is 7.98. The van der Waals surface area contributed by atoms with E-state index in [4.69, 9.17) is 0 Å². The average Bonchev–Trinajstić information content (AvgIpc) is 2.35. The molecule has 5 heteroatoms. The van der Waals surface area contributed by atoms with Gasteiger partial charge >= 0.3 is 0 Å². The van der Waals surface area contributed by atoms with Crippen molar-refractivity contribution in [1.82, 2.24) is 5.32 Å². The number of carbonyl (C=O) groups is 1. The van der Waals surface area contributed by atoms with Gasteiger partial charge in [-0.3, -0.25) is 4.79 Å². The highest BCUT2D eigenvalue weighted by molar-refractivity contribution is 7.91. The van der Waals surface area contributed by atoms with Crippen molar-refractivity contribution in [2.45, 2.75) is 32.7 Å². The van der Waals surface area contributed by atoms with Crippen molar-refractivity contribution in [3.63, 3.8) is 0 Å². The normalized spacial score (nSPS) is 21.4. The highest BCUT2D eigenvalue weighted by Crippen LogP contribution is 2.21. The molecule has 1 aliphatic heterocycles. The summed E-state index contributed by atoms with van der Waals surface area (Å²) >= 11 is 0. The lowest BCUT2D eigenvalue weighted by Crippen LogP contribution is -2.31. The molecule has 20 heavy (non-hydrogen) atoms. The van der Waals surface area contributed by atoms with Gasteiger partial charge in [0.05, 0.1) is 11.5 Å². The minimum absolute atomic E-state index is 0.0220. The summed E-state index contributed by atoms with van der Waals surface area (Å²) in [5, 5.41) is 2.87. The maximum Gasteiger partial charge on any atom is 0.220 e. The van der Waals surface area contributed by atoms with Crippen LogP contribution in [-0.2, 0) is 21.2 Å². The topological polar surface area (TPSA) is 63.2 Å². The van der Waals surface area contributed by atoms with Crippen molar-refractivity contribution in [1.29, 1.82) is 0 Å². The summed E-state index contributed by atoms with van der Waals surface area (Å²) in [6.45, 7) is 2.51. The van der Waals surface area contributed by atoms with E-state index in [0.29, 0.717) is 19.4 Å². The van der Waals surface area contributed by atoms with Gasteiger partial charge in [-0.15, -0.1) is 0 Å². The third kappa shape index (κ3) is 4.63. The van der Waals surface area contributed by atoms with E-state index in [1.807, 2.05) is 31.2 Å². The quantitative estimate of drug-likeness (QED) is 0.921. The Bertz CT molecular complexity index is 581. The first kappa shape index (κ1) is 15.0. The van der Waals surface area contributed by atoms with Crippen molar-refractivity contribution in [3.05, 3.63) is 35.4 Å². The highest BCUT2D eigenvalue weighted by atomic mass is 32.2. The number of sulfone groups is 1. The highest BCUT2D eigenvalue weighted by Gasteiger charge is 2.26. The molecule has 4 nitrogen and oxygen atoms in total. The Kier molecular flexibility index (Phi) is 4.81. The van der Waals surface area contributed by atoms with Crippen LogP contribution in [0, 0.1) is 12.8 Å². The van der Waals surface area contributed by atoms with Gasteiger partial charge in [-0.2, -0.15) is 0 Å². The van der Waals surface area contributed by atoms with Gasteiger partial charge in [-0.05, 0) is 31.2 Å². The molecule has 1 aliphatic rings. The van der Waals surface area contributed by atoms with E-state index in [2.05, 4.69) is 5.32 Å². The number of aryl methyl sites for hydroxylation is 1. The zero-order valence-electron chi connectivity index (χ0n) is 11.8. The third-order valence-corrected chi connectivity index (χ3v) is 5.49. The summed E-state index contributed by atoms with van der Waals surface area (Å²) in [4.78, 5) is 11.9. The van der Waals surface area contributed by atoms with Crippen LogP contribution in [0.1, 0.15) is 30.4 Å². The maximum absolute atomic E-state index is 11.9. The number of hydrogen-bond acceptors (Lipinski definition) is 3. The Morgan fingerprint density at radius 3 is 2.90 bits per heavy atom. The fourth-order valence-electron chi connectivity index (χ4n) is 2.64. The maximum atomic E-state index is 11.9. The largest absolute Gasteiger partial charge is 0.352 e. The molecule has 1 amide bonds. The van der Waals surface area contributed by atoms with Crippen LogP contribution >= 0.6 is 0 Å². The number of nitrogens with one attached hydrogen (secondary N) is 1. The first-order valence-corrected chi connectivity index (χ1v) is 8.79. The molecule has 0 saturated carbocycles. The summed E-state index contributed by atoms with van der Waals surface area (Å²) in [7, 11) is -2.93. The predicted molar refractivity (Wildman–Crippen MR) is 79.0 cm³/mol. The van der Waals surface area contributed by atoms with Crippen molar-refractivity contribution in [3.8, 4) is 0 Å². The van der Waals surface area contributed by atoms with Crippen LogP contribution in [0.25, 0.3) is 0 Å². The van der Waals surface area contributed by atoms with E-state index in [1.54, 1.807) is 0 Å². The standard InChI is InChI=1S/C15H21NO3S/c1-12-4-2-5-13(8-12)10-16-15(17)9-14-6-3-7-20(18,19)11-14/h2,4-5,8,14H,3,6-7,9-11H2,1H3,(H,16,17). The van der Waals surface area contributed by atoms with E-state index in [9.17, 15) is 13.2 Å². The zero-order valence-corrected chi connectivity index (χ0v) is 12.6. The Morgan fingerprint density at radius 1 is 1.40 bits per heavy atom. The molecule has 0 radical (unpaired) electrons. The van der Waals surface area contributed by atoms with Crippen molar-refractivity contribution in [2.24, 2.45) is 5.92 Å². The van der Waals surface area contributed by atoms with Gasteiger partial charge in [-0.25, -0.2) is 8.42 Å². The van der Waals surface area contributed by atoms with Crippen molar-refractivity contribution in [2.75, 3.05) is 11.5 Å². The molecule has 1 aromatic carbocycles. The van der Waals surface area contributed by atoms with Crippen molar-refractivity contribution >= 4 is 15.7 Å². The van der Waals surface area contributed by atoms with E-state index < -0.39 is 9.84 Å². The van der Waals surface area contributed by atoms with Gasteiger partial charge in [0.15, 0.2) is 9.84 Å². The van der Waals surface area contributed by atoms with Crippen LogP contribution in [0.5, 0.6) is 0 Å². The molecule has 1 aromatic rings. The SMILES string of the molecule is Cc1cccc(CNC(=O)CC2CCCS(=O)(=O)C2)c1. The van der Waals surface area contributed by atoms with Crippen LogP contribution < -0.4 is 5.32 Å². The lowest BCUT2D eigenvalue weighted by atomic mass is 10.0. The third-order valence-electron chi connectivity index (χ3n) is 3.60. The Hall–Kier alpha value is -1.36. The van der Waals surface area contributed by atoms with Gasteiger partial charge in [0.25, 0.3) is 0 Å². The number of rotatable bonds is 4. The van der Waals surface area contributed by atoms with Crippen molar-refractivity contribution < 1.29 is 13.2 Å². The van der Waals surface area contributed by atoms with Crippen LogP contribution in [0.2, 0.25) is 0 Å². The zero-order chi connectivity index (χ0) is 14.6. The van der Waals surface area contributed by atoms with E-state index in [0.717, 1.165) is 17.5 Å². The molecule has 1 fully saturated rings. The van der Waals surface area contributed by atoms with E-state index in [-0.39, 0.29) is 23.3 Å². The summed E-state index contributed by atoms with van der Waals surface area (Å²) in [6.07, 6.45) is 1.82. The second-order valence-electron chi connectivity index (χ2n) is 5.59. The number of benzene rings is 1. The van der Waals surface area contributed by atoms with Crippen LogP contribution in [0.15, 0.2) is 24.3 Å². The summed E-state index contributed by atoms with van der Waals surface area (Å²) in [5.74, 6) is 0.346. The predicted octanol–water partition coefficient (Wildman–Crippen LogP) is 1.83. The lowest BCUT2D eigenvalue weighted by molar-refractivity contribution is -0.122. The molecule has 1 N–H and O–H groups in total. The molecule has 0 aliphatic carbocycles. The number of hydrogen-bond donors (Lipinski definition) is 1. The van der Waals surface area contributed by atoms with Crippen LogP contribution in [0.4, 0.5) is 0 Å². The molecule has 1 saturated heterocycles. The number of amides is 1. The summed E-state index contributed by atoms with van der Waals surface area (Å²) < 4.78 is 23.1. The Morgan fingerprint density at radius 2 is 2.20 bits per heavy atom.